The molecule has 0 fully saturated rings. The number of hydrogen-bond donors (Lipinski definition) is 1. The fourth-order valence-electron chi connectivity index (χ4n) is 1.45. The fourth-order valence-corrected chi connectivity index (χ4v) is 1.45. The molecule has 0 aliphatic carbocycles. The normalized spacial score (nSPS) is 12.1. The van der Waals surface area contributed by atoms with Crippen LogP contribution in [-0.2, 0) is 9.53 Å². The van der Waals surface area contributed by atoms with Crippen molar-refractivity contribution in [2.45, 2.75) is 12.8 Å². The minimum atomic E-state index is -0.212. The first-order chi connectivity index (χ1) is 7.29. The highest BCUT2D eigenvalue weighted by Crippen LogP contribution is 2.15. The van der Waals surface area contributed by atoms with Gasteiger partial charge < -0.3 is 10.1 Å². The Morgan fingerprint density at radius 1 is 1.40 bits per heavy atom. The molecule has 0 aliphatic rings. The van der Waals surface area contributed by atoms with Crippen LogP contribution in [-0.4, -0.2) is 26.2 Å². The van der Waals surface area contributed by atoms with Crippen molar-refractivity contribution in [1.82, 2.24) is 5.32 Å². The van der Waals surface area contributed by atoms with Crippen molar-refractivity contribution in [2.24, 2.45) is 0 Å². The van der Waals surface area contributed by atoms with Gasteiger partial charge in [0.15, 0.2) is 0 Å². The molecule has 1 N–H and O–H groups in total. The van der Waals surface area contributed by atoms with Crippen molar-refractivity contribution >= 4 is 5.97 Å². The van der Waals surface area contributed by atoms with Crippen LogP contribution < -0.4 is 5.32 Å². The Bertz CT molecular complexity index is 298. The predicted octanol–water partition coefficient (Wildman–Crippen LogP) is 1.55. The maximum Gasteiger partial charge on any atom is 0.314 e. The summed E-state index contributed by atoms with van der Waals surface area (Å²) in [5.41, 5.74) is 0.991. The Labute approximate surface area is 90.4 Å². The Morgan fingerprint density at radius 3 is 2.60 bits per heavy atom. The third-order valence-electron chi connectivity index (χ3n) is 2.29. The van der Waals surface area contributed by atoms with E-state index in [1.54, 1.807) is 0 Å². The minimum absolute atomic E-state index is 0.192. The molecule has 3 nitrogen and oxygen atoms in total. The van der Waals surface area contributed by atoms with Gasteiger partial charge in [-0.05, 0) is 12.1 Å². The topological polar surface area (TPSA) is 38.3 Å². The van der Waals surface area contributed by atoms with Crippen molar-refractivity contribution in [1.29, 1.82) is 0 Å². The van der Waals surface area contributed by atoms with E-state index in [0.717, 1.165) is 12.1 Å². The maximum atomic E-state index is 11.6. The molecule has 0 radical (unpaired) electrons. The highest BCUT2D eigenvalue weighted by molar-refractivity contribution is 5.78. The highest BCUT2D eigenvalue weighted by atomic mass is 16.5. The number of methoxy groups -OCH3 is 1. The van der Waals surface area contributed by atoms with E-state index in [1.165, 1.54) is 7.11 Å². The van der Waals surface area contributed by atoms with Crippen molar-refractivity contribution in [3.8, 4) is 0 Å². The third-order valence-corrected chi connectivity index (χ3v) is 2.29. The number of carbonyl (C=O) groups excluding carboxylic acids is 1. The number of benzene rings is 1. The molecule has 1 aromatic rings. The van der Waals surface area contributed by atoms with Gasteiger partial charge in [-0.3, -0.25) is 4.79 Å². The Morgan fingerprint density at radius 2 is 2.07 bits per heavy atom. The van der Waals surface area contributed by atoms with Gasteiger partial charge >= 0.3 is 5.97 Å². The average molecular weight is 207 g/mol. The summed E-state index contributed by atoms with van der Waals surface area (Å²) in [5, 5.41) is 3.16. The molecule has 0 saturated carbocycles. The summed E-state index contributed by atoms with van der Waals surface area (Å²) in [6, 6.07) is 9.68. The summed E-state index contributed by atoms with van der Waals surface area (Å²) in [4.78, 5) is 11.6. The lowest BCUT2D eigenvalue weighted by Crippen LogP contribution is -2.27. The molecule has 1 atom stereocenters. The second-order valence-corrected chi connectivity index (χ2v) is 3.29. The first-order valence-electron chi connectivity index (χ1n) is 5.13. The monoisotopic (exact) mass is 207 g/mol. The largest absolute Gasteiger partial charge is 0.469 e. The lowest BCUT2D eigenvalue weighted by molar-refractivity contribution is -0.142. The molecule has 0 aliphatic heterocycles. The second-order valence-electron chi connectivity index (χ2n) is 3.29. The number of carbonyl (C=O) groups is 1. The number of esters is 1. The summed E-state index contributed by atoms with van der Waals surface area (Å²) in [7, 11) is 1.42. The van der Waals surface area contributed by atoms with E-state index in [9.17, 15) is 4.79 Å². The zero-order valence-electron chi connectivity index (χ0n) is 9.19. The maximum absolute atomic E-state index is 11.6. The zero-order chi connectivity index (χ0) is 11.1. The molecule has 0 heterocycles. The van der Waals surface area contributed by atoms with Gasteiger partial charge in [-0.2, -0.15) is 0 Å². The lowest BCUT2D eigenvalue weighted by atomic mass is 9.99. The molecule has 0 aromatic heterocycles. The molecule has 0 spiro atoms. The van der Waals surface area contributed by atoms with Gasteiger partial charge in [0.25, 0.3) is 0 Å². The van der Waals surface area contributed by atoms with Crippen LogP contribution in [0.25, 0.3) is 0 Å². The molecule has 1 unspecified atom stereocenters. The van der Waals surface area contributed by atoms with Crippen molar-refractivity contribution in [3.63, 3.8) is 0 Å². The number of hydrogen-bond acceptors (Lipinski definition) is 3. The SMILES string of the molecule is CCNCC(C(=O)OC)c1ccccc1. The van der Waals surface area contributed by atoms with Crippen LogP contribution in [0.2, 0.25) is 0 Å². The van der Waals surface area contributed by atoms with E-state index in [4.69, 9.17) is 4.74 Å². The molecule has 82 valence electrons. The Balaban J connectivity index is 2.76. The van der Waals surface area contributed by atoms with Crippen molar-refractivity contribution < 1.29 is 9.53 Å². The van der Waals surface area contributed by atoms with E-state index in [-0.39, 0.29) is 11.9 Å². The minimum Gasteiger partial charge on any atom is -0.469 e. The molecular weight excluding hydrogens is 190 g/mol. The van der Waals surface area contributed by atoms with Gasteiger partial charge in [0.2, 0.25) is 0 Å². The molecule has 1 rings (SSSR count). The summed E-state index contributed by atoms with van der Waals surface area (Å²) >= 11 is 0. The highest BCUT2D eigenvalue weighted by Gasteiger charge is 2.20. The first-order valence-corrected chi connectivity index (χ1v) is 5.13. The quantitative estimate of drug-likeness (QED) is 0.744. The summed E-state index contributed by atoms with van der Waals surface area (Å²) in [6.45, 7) is 3.48. The van der Waals surface area contributed by atoms with Gasteiger partial charge in [0.05, 0.1) is 13.0 Å². The smallest absolute Gasteiger partial charge is 0.314 e. The number of rotatable bonds is 5. The number of ether oxygens (including phenoxy) is 1. The van der Waals surface area contributed by atoms with E-state index < -0.39 is 0 Å². The molecule has 3 heteroatoms. The molecular formula is C12H17NO2. The van der Waals surface area contributed by atoms with Crippen LogP contribution >= 0.6 is 0 Å². The molecule has 15 heavy (non-hydrogen) atoms. The predicted molar refractivity (Wildman–Crippen MR) is 59.7 cm³/mol. The van der Waals surface area contributed by atoms with Gasteiger partial charge in [0.1, 0.15) is 0 Å². The Kier molecular flexibility index (Phi) is 4.84. The van der Waals surface area contributed by atoms with E-state index in [1.807, 2.05) is 37.3 Å². The van der Waals surface area contributed by atoms with E-state index in [0.29, 0.717) is 6.54 Å². The van der Waals surface area contributed by atoms with Crippen LogP contribution in [0.3, 0.4) is 0 Å². The molecule has 1 aromatic carbocycles. The third kappa shape index (κ3) is 3.36. The number of nitrogens with one attached hydrogen (secondary N) is 1. The van der Waals surface area contributed by atoms with Crippen molar-refractivity contribution in [2.75, 3.05) is 20.2 Å². The van der Waals surface area contributed by atoms with Crippen LogP contribution in [0.1, 0.15) is 18.4 Å². The van der Waals surface area contributed by atoms with Gasteiger partial charge in [-0.15, -0.1) is 0 Å². The fraction of sp³-hybridized carbons (Fsp3) is 0.417. The molecule has 0 amide bonds. The van der Waals surface area contributed by atoms with Gasteiger partial charge in [-0.25, -0.2) is 0 Å². The number of likely N-dealkylation sites (N-methyl/N-ethyl adjacent to an activating group) is 1. The van der Waals surface area contributed by atoms with E-state index >= 15 is 0 Å². The molecule has 0 saturated heterocycles. The summed E-state index contributed by atoms with van der Waals surface area (Å²) in [6.07, 6.45) is 0. The van der Waals surface area contributed by atoms with Crippen LogP contribution in [0.4, 0.5) is 0 Å². The zero-order valence-corrected chi connectivity index (χ0v) is 9.19. The molecule has 0 bridgehead atoms. The average Bonchev–Trinajstić information content (AvgIpc) is 2.30. The van der Waals surface area contributed by atoms with Crippen LogP contribution in [0.5, 0.6) is 0 Å². The summed E-state index contributed by atoms with van der Waals surface area (Å²) in [5.74, 6) is -0.404. The van der Waals surface area contributed by atoms with Crippen LogP contribution in [0.15, 0.2) is 30.3 Å². The Hall–Kier alpha value is -1.35. The summed E-state index contributed by atoms with van der Waals surface area (Å²) < 4.78 is 4.78. The lowest BCUT2D eigenvalue weighted by Gasteiger charge is -2.14. The van der Waals surface area contributed by atoms with Crippen molar-refractivity contribution in [3.05, 3.63) is 35.9 Å². The van der Waals surface area contributed by atoms with E-state index in [2.05, 4.69) is 5.32 Å². The second kappa shape index (κ2) is 6.19. The van der Waals surface area contributed by atoms with Crippen LogP contribution in [0, 0.1) is 0 Å². The van der Waals surface area contributed by atoms with Gasteiger partial charge in [0, 0.05) is 6.54 Å². The standard InChI is InChI=1S/C12H17NO2/c1-3-13-9-11(12(14)15-2)10-7-5-4-6-8-10/h4-8,11,13H,3,9H2,1-2H3. The first kappa shape index (κ1) is 11.7. The van der Waals surface area contributed by atoms with Gasteiger partial charge in [-0.1, -0.05) is 37.3 Å².